The lowest BCUT2D eigenvalue weighted by atomic mass is 9.32. The van der Waals surface area contributed by atoms with Crippen molar-refractivity contribution in [2.24, 2.45) is 66.8 Å². The first-order chi connectivity index (χ1) is 23.3. The van der Waals surface area contributed by atoms with E-state index in [9.17, 15) is 4.79 Å². The lowest BCUT2D eigenvalue weighted by Crippen LogP contribution is -2.66. The van der Waals surface area contributed by atoms with E-state index in [-0.39, 0.29) is 46.1 Å². The highest BCUT2D eigenvalue weighted by Gasteiger charge is 2.72. The number of nitrogens with one attached hydrogen (secondary N) is 1. The smallest absolute Gasteiger partial charge is 0.312 e. The van der Waals surface area contributed by atoms with Crippen LogP contribution in [0, 0.1) is 79.3 Å². The van der Waals surface area contributed by atoms with E-state index in [1.807, 2.05) is 0 Å². The molecule has 0 spiro atoms. The number of fused-ring (bicyclic) bond motifs is 7. The number of nitrogens with zero attached hydrogens (tertiary/aromatic N) is 4. The molecule has 5 saturated carbocycles. The maximum Gasteiger partial charge on any atom is 0.312 e. The van der Waals surface area contributed by atoms with E-state index in [4.69, 9.17) is 30.1 Å². The van der Waals surface area contributed by atoms with Crippen LogP contribution in [0.2, 0.25) is 0 Å². The normalized spacial score (nSPS) is 40.1. The highest BCUT2D eigenvalue weighted by atomic mass is 16.6. The average molecular weight is 676 g/mol. The summed E-state index contributed by atoms with van der Waals surface area (Å²) in [7, 11) is 1.58. The Morgan fingerprint density at radius 1 is 0.939 bits per heavy atom. The van der Waals surface area contributed by atoms with E-state index in [0.717, 1.165) is 44.2 Å². The van der Waals surface area contributed by atoms with Crippen molar-refractivity contribution in [2.75, 3.05) is 26.9 Å². The van der Waals surface area contributed by atoms with E-state index in [1.54, 1.807) is 7.11 Å². The zero-order chi connectivity index (χ0) is 35.7. The van der Waals surface area contributed by atoms with E-state index >= 15 is 0 Å². The largest absolute Gasteiger partial charge is 0.469 e. The van der Waals surface area contributed by atoms with E-state index < -0.39 is 0 Å². The number of ether oxygens (including phenoxy) is 1. The summed E-state index contributed by atoms with van der Waals surface area (Å²) in [4.78, 5) is 29.3. The molecular formula is C40H61N5O4. The molecule has 0 unspecified atom stereocenters. The Labute approximate surface area is 295 Å². The Bertz CT molecular complexity index is 1410. The van der Waals surface area contributed by atoms with Crippen LogP contribution in [0.4, 0.5) is 0 Å². The summed E-state index contributed by atoms with van der Waals surface area (Å²) in [5, 5.41) is 22.5. The molecule has 0 aromatic heterocycles. The van der Waals surface area contributed by atoms with Crippen molar-refractivity contribution < 1.29 is 19.2 Å². The Hall–Kier alpha value is -2.91. The van der Waals surface area contributed by atoms with Crippen LogP contribution in [0.1, 0.15) is 125 Å². The van der Waals surface area contributed by atoms with Gasteiger partial charge >= 0.3 is 5.97 Å². The number of aliphatic imine (C=N–C) groups is 1. The topological polar surface area (TPSA) is 129 Å². The number of hydrogen-bond donors (Lipinski definition) is 1. The van der Waals surface area contributed by atoms with Crippen molar-refractivity contribution in [3.8, 4) is 12.1 Å². The predicted octanol–water partition coefficient (Wildman–Crippen LogP) is 8.33. The Morgan fingerprint density at radius 2 is 1.69 bits per heavy atom. The molecule has 0 radical (unpaired) electrons. The maximum atomic E-state index is 13.6. The second-order valence-electron chi connectivity index (χ2n) is 17.3. The third-order valence-corrected chi connectivity index (χ3v) is 15.1. The van der Waals surface area contributed by atoms with Crippen molar-refractivity contribution >= 4 is 17.5 Å². The Kier molecular flexibility index (Phi) is 11.0. The van der Waals surface area contributed by atoms with Crippen LogP contribution < -0.4 is 5.48 Å². The zero-order valence-corrected chi connectivity index (χ0v) is 31.3. The van der Waals surface area contributed by atoms with E-state index in [2.05, 4.69) is 70.7 Å². The number of hydroxylamine groups is 1. The van der Waals surface area contributed by atoms with E-state index in [0.29, 0.717) is 61.4 Å². The molecule has 1 N–H and O–H groups in total. The van der Waals surface area contributed by atoms with Crippen LogP contribution in [0.3, 0.4) is 0 Å². The van der Waals surface area contributed by atoms with Gasteiger partial charge in [0.1, 0.15) is 12.4 Å². The van der Waals surface area contributed by atoms with Gasteiger partial charge in [-0.25, -0.2) is 0 Å². The fraction of sp³-hybridized carbons (Fsp3) is 0.825. The third-order valence-electron chi connectivity index (χ3n) is 15.1. The number of amidine groups is 1. The van der Waals surface area contributed by atoms with Gasteiger partial charge in [0.15, 0.2) is 0 Å². The highest BCUT2D eigenvalue weighted by Crippen LogP contribution is 2.77. The molecule has 5 fully saturated rings. The summed E-state index contributed by atoms with van der Waals surface area (Å²) in [6.45, 7) is 20.2. The van der Waals surface area contributed by atoms with Crippen molar-refractivity contribution in [1.82, 2.24) is 5.48 Å². The number of methoxy groups -OCH3 is 1. The van der Waals surface area contributed by atoms with Gasteiger partial charge in [0.25, 0.3) is 0 Å². The minimum Gasteiger partial charge on any atom is -0.469 e. The quantitative estimate of drug-likeness (QED) is 0.0582. The number of oxime groups is 1. The molecule has 0 heterocycles. The molecule has 9 atom stereocenters. The number of carbonyl (C=O) groups is 1. The molecular weight excluding hydrogens is 614 g/mol. The second kappa shape index (κ2) is 14.4. The molecule has 0 aliphatic heterocycles. The first-order valence-electron chi connectivity index (χ1n) is 18.8. The SMILES string of the molecule is C=C(C)[C@@H]1CC[C@]2(C(=O)OC)CC[C@]3(C)[C@H](CC[C@@H]4[C@@]5(C)CC/C(=N\OCCC(=NCCC#N)NOCCC#N)C(C)(C)[C@@H]5CC[C@]43C)[C@@H]12. The number of nitriles is 2. The fourth-order valence-corrected chi connectivity index (χ4v) is 12.6. The highest BCUT2D eigenvalue weighted by molar-refractivity contribution is 5.90. The molecule has 0 aromatic carbocycles. The third kappa shape index (κ3) is 6.21. The van der Waals surface area contributed by atoms with Gasteiger partial charge in [-0.15, -0.1) is 0 Å². The maximum absolute atomic E-state index is 13.6. The molecule has 9 heteroatoms. The Balaban J connectivity index is 1.31. The van der Waals surface area contributed by atoms with Crippen LogP contribution in [-0.2, 0) is 19.2 Å². The van der Waals surface area contributed by atoms with Crippen LogP contribution in [0.5, 0.6) is 0 Å². The number of esters is 1. The molecule has 0 aromatic rings. The molecule has 0 amide bonds. The number of rotatable bonds is 11. The summed E-state index contributed by atoms with van der Waals surface area (Å²) in [5.74, 6) is 2.99. The predicted molar refractivity (Wildman–Crippen MR) is 191 cm³/mol. The summed E-state index contributed by atoms with van der Waals surface area (Å²) in [5.41, 5.74) is 5.36. The first-order valence-corrected chi connectivity index (χ1v) is 18.8. The van der Waals surface area contributed by atoms with Gasteiger partial charge < -0.3 is 9.57 Å². The molecule has 5 rings (SSSR count). The van der Waals surface area contributed by atoms with Crippen LogP contribution >= 0.6 is 0 Å². The van der Waals surface area contributed by atoms with Crippen molar-refractivity contribution in [1.29, 1.82) is 10.5 Å². The van der Waals surface area contributed by atoms with Crippen molar-refractivity contribution in [2.45, 2.75) is 125 Å². The standard InChI is InChI=1S/C40H61N5O4/c1-27(2)28-13-19-40(35(46)47-8)21-20-38(6)29(34(28)40)11-12-31-37(5)17-15-32(36(3,4)30(37)14-18-39(31,38)7)44-49-26-16-33(43-24-9-22-41)45-48-25-10-23-42/h28-31,34H,1,9-21,24-26H2,2-8H3,(H,43,45)/b44-32+/t28-,29+,30-,31+,34+,37-,38+,39+,40-/m0/s1. The molecule has 0 saturated heterocycles. The number of allylic oxidation sites excluding steroid dienone is 1. The van der Waals surface area contributed by atoms with Crippen molar-refractivity contribution in [3.63, 3.8) is 0 Å². The molecule has 5 aliphatic rings. The molecule has 49 heavy (non-hydrogen) atoms. The summed E-state index contributed by atoms with van der Waals surface area (Å²) in [6, 6.07) is 4.17. The van der Waals surface area contributed by atoms with Crippen LogP contribution in [0.25, 0.3) is 0 Å². The molecule has 5 aliphatic carbocycles. The lowest BCUT2D eigenvalue weighted by molar-refractivity contribution is -0.230. The summed E-state index contributed by atoms with van der Waals surface area (Å²) >= 11 is 0. The van der Waals surface area contributed by atoms with Gasteiger partial charge in [-0.3, -0.25) is 20.1 Å². The molecule has 9 nitrogen and oxygen atoms in total. The number of carbonyl (C=O) groups excluding carboxylic acids is 1. The first kappa shape index (κ1) is 37.3. The van der Waals surface area contributed by atoms with Gasteiger partial charge in [-0.1, -0.05) is 51.9 Å². The lowest BCUT2D eigenvalue weighted by Gasteiger charge is -2.72. The van der Waals surface area contributed by atoms with Gasteiger partial charge in [0, 0.05) is 11.8 Å². The zero-order valence-electron chi connectivity index (χ0n) is 31.3. The van der Waals surface area contributed by atoms with Crippen molar-refractivity contribution in [3.05, 3.63) is 12.2 Å². The van der Waals surface area contributed by atoms with Gasteiger partial charge in [-0.2, -0.15) is 10.5 Å². The summed E-state index contributed by atoms with van der Waals surface area (Å²) in [6.07, 6.45) is 11.9. The molecule has 0 bridgehead atoms. The van der Waals surface area contributed by atoms with Gasteiger partial charge in [0.05, 0.1) is 56.4 Å². The summed E-state index contributed by atoms with van der Waals surface area (Å²) < 4.78 is 5.55. The van der Waals surface area contributed by atoms with Crippen LogP contribution in [0.15, 0.2) is 22.3 Å². The van der Waals surface area contributed by atoms with Gasteiger partial charge in [0.2, 0.25) is 0 Å². The fourth-order valence-electron chi connectivity index (χ4n) is 12.6. The number of hydrogen-bond acceptors (Lipinski definition) is 8. The van der Waals surface area contributed by atoms with Crippen LogP contribution in [-0.4, -0.2) is 44.4 Å². The minimum absolute atomic E-state index is 0.0250. The second-order valence-corrected chi connectivity index (χ2v) is 17.3. The Morgan fingerprint density at radius 3 is 2.39 bits per heavy atom. The monoisotopic (exact) mass is 675 g/mol. The average Bonchev–Trinajstić information content (AvgIpc) is 3.47. The minimum atomic E-state index is -0.352. The van der Waals surface area contributed by atoms with E-state index in [1.165, 1.54) is 31.3 Å². The molecule has 270 valence electrons. The van der Waals surface area contributed by atoms with Gasteiger partial charge in [-0.05, 0) is 117 Å².